The maximum atomic E-state index is 12.6. The van der Waals surface area contributed by atoms with Gasteiger partial charge in [0.2, 0.25) is 0 Å². The predicted octanol–water partition coefficient (Wildman–Crippen LogP) is 1.87. The molecule has 0 bridgehead atoms. The fourth-order valence-electron chi connectivity index (χ4n) is 3.98. The summed E-state index contributed by atoms with van der Waals surface area (Å²) in [5, 5.41) is 10.6. The van der Waals surface area contributed by atoms with Crippen LogP contribution in [0.3, 0.4) is 0 Å². The Hall–Kier alpha value is -1.26. The Balaban J connectivity index is 1.46. The number of carbonyl (C=O) groups is 1. The minimum Gasteiger partial charge on any atom is -0.480 e. The van der Waals surface area contributed by atoms with E-state index < -0.39 is 6.10 Å². The summed E-state index contributed by atoms with van der Waals surface area (Å²) in [6.45, 7) is 1.43. The van der Waals surface area contributed by atoms with Gasteiger partial charge in [0, 0.05) is 30.5 Å². The Labute approximate surface area is 128 Å². The van der Waals surface area contributed by atoms with Crippen LogP contribution in [0, 0.1) is 11.8 Å². The number of hydrogen-bond donors (Lipinski definition) is 1. The second kappa shape index (κ2) is 4.89. The van der Waals surface area contributed by atoms with Crippen molar-refractivity contribution < 1.29 is 14.6 Å². The van der Waals surface area contributed by atoms with Gasteiger partial charge in [-0.25, -0.2) is 0 Å². The van der Waals surface area contributed by atoms with Gasteiger partial charge < -0.3 is 14.7 Å². The zero-order valence-corrected chi connectivity index (χ0v) is 12.4. The van der Waals surface area contributed by atoms with E-state index in [4.69, 9.17) is 16.3 Å². The number of fused-ring (bicyclic) bond motifs is 2. The van der Waals surface area contributed by atoms with Gasteiger partial charge in [-0.05, 0) is 42.5 Å². The molecule has 2 heterocycles. The normalized spacial score (nSPS) is 33.7. The number of hydrogen-bond acceptors (Lipinski definition) is 3. The minimum atomic E-state index is -0.436. The molecular formula is C16H18ClNO3. The number of aliphatic hydroxyl groups excluding tert-OH is 1. The number of nitrogens with zero attached hydrogens (tertiary/aromatic N) is 1. The lowest BCUT2D eigenvalue weighted by Crippen LogP contribution is -2.41. The summed E-state index contributed by atoms with van der Waals surface area (Å²) < 4.78 is 5.77. The molecule has 21 heavy (non-hydrogen) atoms. The molecule has 4 unspecified atom stereocenters. The molecule has 0 aromatic heterocycles. The summed E-state index contributed by atoms with van der Waals surface area (Å²) in [4.78, 5) is 14.5. The number of aliphatic hydroxyl groups is 1. The highest BCUT2D eigenvalue weighted by molar-refractivity contribution is 6.30. The van der Waals surface area contributed by atoms with Crippen LogP contribution < -0.4 is 4.74 Å². The number of amides is 1. The molecule has 4 rings (SSSR count). The lowest BCUT2D eigenvalue weighted by molar-refractivity contribution is -0.137. The first kappa shape index (κ1) is 13.4. The third-order valence-electron chi connectivity index (χ3n) is 5.10. The first-order valence-electron chi connectivity index (χ1n) is 7.54. The number of rotatable bonds is 1. The standard InChI is InChI=1S/C16H18ClNO3/c17-11-2-4-14-10(5-11)6-15(21-14)16(20)18-7-9-1-3-13(19)12(9)8-18/h2,4-5,9,12-13,15,19H,1,3,6-8H2. The molecule has 5 heteroatoms. The van der Waals surface area contributed by atoms with Crippen molar-refractivity contribution in [1.82, 2.24) is 4.90 Å². The fraction of sp³-hybridized carbons (Fsp3) is 0.562. The van der Waals surface area contributed by atoms with E-state index >= 15 is 0 Å². The largest absolute Gasteiger partial charge is 0.480 e. The summed E-state index contributed by atoms with van der Waals surface area (Å²) in [6.07, 6.45) is 1.81. The van der Waals surface area contributed by atoms with E-state index in [0.717, 1.165) is 30.7 Å². The second-order valence-electron chi connectivity index (χ2n) is 6.37. The minimum absolute atomic E-state index is 0.0453. The Kier molecular flexibility index (Phi) is 3.12. The van der Waals surface area contributed by atoms with E-state index in [9.17, 15) is 9.90 Å². The zero-order chi connectivity index (χ0) is 14.6. The molecule has 1 saturated heterocycles. The van der Waals surface area contributed by atoms with Gasteiger partial charge in [0.05, 0.1) is 6.10 Å². The monoisotopic (exact) mass is 307 g/mol. The van der Waals surface area contributed by atoms with Gasteiger partial charge in [0.25, 0.3) is 5.91 Å². The Morgan fingerprint density at radius 3 is 3.00 bits per heavy atom. The van der Waals surface area contributed by atoms with Crippen molar-refractivity contribution in [2.75, 3.05) is 13.1 Å². The van der Waals surface area contributed by atoms with Crippen molar-refractivity contribution in [2.45, 2.75) is 31.5 Å². The molecule has 1 amide bonds. The Morgan fingerprint density at radius 1 is 1.33 bits per heavy atom. The lowest BCUT2D eigenvalue weighted by atomic mass is 10.00. The third-order valence-corrected chi connectivity index (χ3v) is 5.34. The molecule has 2 fully saturated rings. The van der Waals surface area contributed by atoms with Gasteiger partial charge in [-0.3, -0.25) is 4.79 Å². The quantitative estimate of drug-likeness (QED) is 0.862. The van der Waals surface area contributed by atoms with Crippen LogP contribution in [0.2, 0.25) is 5.02 Å². The van der Waals surface area contributed by atoms with Crippen molar-refractivity contribution in [2.24, 2.45) is 11.8 Å². The zero-order valence-electron chi connectivity index (χ0n) is 11.7. The van der Waals surface area contributed by atoms with Crippen LogP contribution in [0.15, 0.2) is 18.2 Å². The highest BCUT2D eigenvalue weighted by Crippen LogP contribution is 2.39. The predicted molar refractivity (Wildman–Crippen MR) is 78.4 cm³/mol. The molecule has 0 spiro atoms. The van der Waals surface area contributed by atoms with E-state index in [2.05, 4.69) is 0 Å². The number of carbonyl (C=O) groups excluding carboxylic acids is 1. The molecule has 4 atom stereocenters. The number of likely N-dealkylation sites (tertiary alicyclic amines) is 1. The smallest absolute Gasteiger partial charge is 0.264 e. The van der Waals surface area contributed by atoms with Gasteiger partial charge in [-0.2, -0.15) is 0 Å². The lowest BCUT2D eigenvalue weighted by Gasteiger charge is -2.21. The second-order valence-corrected chi connectivity index (χ2v) is 6.81. The van der Waals surface area contributed by atoms with Crippen molar-refractivity contribution in [3.05, 3.63) is 28.8 Å². The van der Waals surface area contributed by atoms with E-state index in [0.29, 0.717) is 23.9 Å². The highest BCUT2D eigenvalue weighted by atomic mass is 35.5. The SMILES string of the molecule is O=C(C1Cc2cc(Cl)ccc2O1)N1CC2CCC(O)C2C1. The summed E-state index contributed by atoms with van der Waals surface area (Å²) in [5.41, 5.74) is 1.00. The first-order valence-corrected chi connectivity index (χ1v) is 7.91. The molecule has 2 aliphatic heterocycles. The van der Waals surface area contributed by atoms with Crippen LogP contribution in [0.1, 0.15) is 18.4 Å². The summed E-state index contributed by atoms with van der Waals surface area (Å²) in [6, 6.07) is 5.48. The van der Waals surface area contributed by atoms with E-state index in [1.807, 2.05) is 17.0 Å². The van der Waals surface area contributed by atoms with Gasteiger partial charge in [0.15, 0.2) is 6.10 Å². The van der Waals surface area contributed by atoms with Crippen LogP contribution >= 0.6 is 11.6 Å². The van der Waals surface area contributed by atoms with E-state index in [1.165, 1.54) is 0 Å². The van der Waals surface area contributed by atoms with Gasteiger partial charge >= 0.3 is 0 Å². The number of halogens is 1. The fourth-order valence-corrected chi connectivity index (χ4v) is 4.17. The Bertz CT molecular complexity index is 591. The molecule has 3 aliphatic rings. The van der Waals surface area contributed by atoms with Gasteiger partial charge in [0.1, 0.15) is 5.75 Å². The average Bonchev–Trinajstić information content (AvgIpc) is 3.13. The van der Waals surface area contributed by atoms with Gasteiger partial charge in [-0.15, -0.1) is 0 Å². The van der Waals surface area contributed by atoms with Crippen LogP contribution in [0.4, 0.5) is 0 Å². The van der Waals surface area contributed by atoms with Gasteiger partial charge in [-0.1, -0.05) is 11.6 Å². The maximum absolute atomic E-state index is 12.6. The highest BCUT2D eigenvalue weighted by Gasteiger charge is 2.45. The van der Waals surface area contributed by atoms with Crippen molar-refractivity contribution in [1.29, 1.82) is 0 Å². The Morgan fingerprint density at radius 2 is 2.19 bits per heavy atom. The summed E-state index contributed by atoms with van der Waals surface area (Å²) in [5.74, 6) is 1.52. The molecule has 112 valence electrons. The van der Waals surface area contributed by atoms with Crippen LogP contribution in [0.5, 0.6) is 5.75 Å². The van der Waals surface area contributed by atoms with E-state index in [1.54, 1.807) is 6.07 Å². The number of ether oxygens (including phenoxy) is 1. The molecule has 4 nitrogen and oxygen atoms in total. The van der Waals surface area contributed by atoms with E-state index in [-0.39, 0.29) is 17.9 Å². The molecular weight excluding hydrogens is 290 g/mol. The van der Waals surface area contributed by atoms with Crippen molar-refractivity contribution >= 4 is 17.5 Å². The van der Waals surface area contributed by atoms with Crippen LogP contribution in [0.25, 0.3) is 0 Å². The molecule has 1 aromatic rings. The molecule has 1 aromatic carbocycles. The third kappa shape index (κ3) is 2.21. The summed E-state index contributed by atoms with van der Waals surface area (Å²) in [7, 11) is 0. The van der Waals surface area contributed by atoms with Crippen molar-refractivity contribution in [3.63, 3.8) is 0 Å². The average molecular weight is 308 g/mol. The first-order chi connectivity index (χ1) is 10.1. The topological polar surface area (TPSA) is 49.8 Å². The molecule has 1 N–H and O–H groups in total. The van der Waals surface area contributed by atoms with Crippen LogP contribution in [-0.4, -0.2) is 41.2 Å². The maximum Gasteiger partial charge on any atom is 0.264 e. The number of benzene rings is 1. The van der Waals surface area contributed by atoms with Crippen molar-refractivity contribution in [3.8, 4) is 5.75 Å². The molecule has 1 saturated carbocycles. The molecule has 1 aliphatic carbocycles. The molecule has 0 radical (unpaired) electrons. The van der Waals surface area contributed by atoms with Crippen LogP contribution in [-0.2, 0) is 11.2 Å². The summed E-state index contributed by atoms with van der Waals surface area (Å²) >= 11 is 5.98.